The lowest BCUT2D eigenvalue weighted by Crippen LogP contribution is -2.32. The van der Waals surface area contributed by atoms with Crippen LogP contribution < -0.4 is 4.74 Å². The molecule has 9 heteroatoms. The summed E-state index contributed by atoms with van der Waals surface area (Å²) in [6.07, 6.45) is 5.47. The number of benzene rings is 2. The van der Waals surface area contributed by atoms with Gasteiger partial charge in [-0.15, -0.1) is 0 Å². The summed E-state index contributed by atoms with van der Waals surface area (Å²) in [6.45, 7) is 3.50. The van der Waals surface area contributed by atoms with Crippen LogP contribution in [0.5, 0.6) is 5.75 Å². The molecule has 2 aromatic rings. The minimum absolute atomic E-state index is 0.0480. The highest BCUT2D eigenvalue weighted by Gasteiger charge is 2.46. The Hall–Kier alpha value is -2.39. The SMILES string of the molecule is CCCCOc1c(C(=O)N2CCCCCC2)ccc2c1C(S(=O)(=O)c1ccccc1)CS2(=O)=O. The lowest BCUT2D eigenvalue weighted by atomic mass is 10.0. The number of carbonyl (C=O) groups is 1. The van der Waals surface area contributed by atoms with E-state index >= 15 is 0 Å². The van der Waals surface area contributed by atoms with E-state index in [0.29, 0.717) is 19.5 Å². The van der Waals surface area contributed by atoms with Crippen LogP contribution in [0.25, 0.3) is 0 Å². The predicted molar refractivity (Wildman–Crippen MR) is 130 cm³/mol. The maximum absolute atomic E-state index is 13.6. The molecule has 7 nitrogen and oxygen atoms in total. The number of sulfone groups is 2. The normalized spacial score (nSPS) is 19.9. The highest BCUT2D eigenvalue weighted by molar-refractivity contribution is 7.96. The van der Waals surface area contributed by atoms with Crippen molar-refractivity contribution in [1.29, 1.82) is 0 Å². The molecule has 0 radical (unpaired) electrons. The molecule has 184 valence electrons. The van der Waals surface area contributed by atoms with Crippen LogP contribution in [-0.4, -0.2) is 53.1 Å². The molecule has 1 atom stereocenters. The van der Waals surface area contributed by atoms with Gasteiger partial charge in [0, 0.05) is 18.7 Å². The molecule has 1 fully saturated rings. The fraction of sp³-hybridized carbons (Fsp3) is 0.480. The van der Waals surface area contributed by atoms with Crippen LogP contribution >= 0.6 is 0 Å². The van der Waals surface area contributed by atoms with Gasteiger partial charge in [-0.05, 0) is 43.5 Å². The van der Waals surface area contributed by atoms with Gasteiger partial charge in [-0.2, -0.15) is 0 Å². The zero-order chi connectivity index (χ0) is 24.3. The van der Waals surface area contributed by atoms with Crippen molar-refractivity contribution in [2.75, 3.05) is 25.4 Å². The number of likely N-dealkylation sites (tertiary alicyclic amines) is 1. The molecule has 1 unspecified atom stereocenters. The molecule has 0 spiro atoms. The van der Waals surface area contributed by atoms with Crippen molar-refractivity contribution in [2.24, 2.45) is 0 Å². The smallest absolute Gasteiger partial charge is 0.257 e. The van der Waals surface area contributed by atoms with Crippen molar-refractivity contribution in [1.82, 2.24) is 4.90 Å². The number of nitrogens with zero attached hydrogens (tertiary/aromatic N) is 1. The Labute approximate surface area is 202 Å². The molecule has 1 saturated heterocycles. The quantitative estimate of drug-likeness (QED) is 0.524. The number of hydrogen-bond acceptors (Lipinski definition) is 6. The fourth-order valence-electron chi connectivity index (χ4n) is 4.64. The number of unbranched alkanes of at least 4 members (excludes halogenated alkanes) is 1. The zero-order valence-corrected chi connectivity index (χ0v) is 21.0. The summed E-state index contributed by atoms with van der Waals surface area (Å²) < 4.78 is 59.3. The summed E-state index contributed by atoms with van der Waals surface area (Å²) >= 11 is 0. The van der Waals surface area contributed by atoms with Crippen LogP contribution in [0.4, 0.5) is 0 Å². The third kappa shape index (κ3) is 4.73. The molecule has 0 saturated carbocycles. The van der Waals surface area contributed by atoms with E-state index in [1.807, 2.05) is 6.92 Å². The second-order valence-corrected chi connectivity index (χ2v) is 13.0. The van der Waals surface area contributed by atoms with E-state index in [1.54, 1.807) is 23.1 Å². The minimum Gasteiger partial charge on any atom is -0.492 e. The Balaban J connectivity index is 1.87. The van der Waals surface area contributed by atoms with Gasteiger partial charge in [-0.25, -0.2) is 16.8 Å². The van der Waals surface area contributed by atoms with E-state index < -0.39 is 30.7 Å². The van der Waals surface area contributed by atoms with Crippen molar-refractivity contribution in [3.8, 4) is 5.75 Å². The molecule has 1 amide bonds. The van der Waals surface area contributed by atoms with Gasteiger partial charge in [0.1, 0.15) is 11.0 Å². The van der Waals surface area contributed by atoms with Crippen molar-refractivity contribution in [3.05, 3.63) is 53.6 Å². The first-order chi connectivity index (χ1) is 16.3. The van der Waals surface area contributed by atoms with Gasteiger partial charge < -0.3 is 9.64 Å². The largest absolute Gasteiger partial charge is 0.492 e. The second kappa shape index (κ2) is 10.1. The molecule has 34 heavy (non-hydrogen) atoms. The van der Waals surface area contributed by atoms with Crippen molar-refractivity contribution < 1.29 is 26.4 Å². The van der Waals surface area contributed by atoms with E-state index in [-0.39, 0.29) is 39.2 Å². The number of fused-ring (bicyclic) bond motifs is 1. The van der Waals surface area contributed by atoms with Crippen LogP contribution in [0.3, 0.4) is 0 Å². The van der Waals surface area contributed by atoms with Crippen LogP contribution in [0, 0.1) is 0 Å². The third-order valence-electron chi connectivity index (χ3n) is 6.50. The number of amides is 1. The maximum Gasteiger partial charge on any atom is 0.257 e. The lowest BCUT2D eigenvalue weighted by Gasteiger charge is -2.24. The van der Waals surface area contributed by atoms with Gasteiger partial charge >= 0.3 is 0 Å². The Kier molecular flexibility index (Phi) is 7.33. The predicted octanol–water partition coefficient (Wildman–Crippen LogP) is 4.18. The first kappa shape index (κ1) is 24.7. The maximum atomic E-state index is 13.6. The Morgan fingerprint density at radius 3 is 2.35 bits per heavy atom. The average Bonchev–Trinajstić information content (AvgIpc) is 2.98. The van der Waals surface area contributed by atoms with E-state index in [2.05, 4.69) is 0 Å². The number of ether oxygens (including phenoxy) is 1. The van der Waals surface area contributed by atoms with Gasteiger partial charge in [0.15, 0.2) is 19.7 Å². The van der Waals surface area contributed by atoms with Crippen LogP contribution in [0.15, 0.2) is 52.3 Å². The molecular formula is C25H31NO6S2. The molecule has 0 aliphatic carbocycles. The summed E-state index contributed by atoms with van der Waals surface area (Å²) in [4.78, 5) is 15.3. The molecule has 2 heterocycles. The van der Waals surface area contributed by atoms with Crippen LogP contribution in [-0.2, 0) is 19.7 Å². The zero-order valence-electron chi connectivity index (χ0n) is 19.4. The molecule has 2 aliphatic heterocycles. The molecule has 0 bridgehead atoms. The highest BCUT2D eigenvalue weighted by atomic mass is 32.2. The summed E-state index contributed by atoms with van der Waals surface area (Å²) in [5, 5.41) is -1.33. The first-order valence-corrected chi connectivity index (χ1v) is 15.1. The topological polar surface area (TPSA) is 97.8 Å². The molecule has 4 rings (SSSR count). The molecule has 0 N–H and O–H groups in total. The first-order valence-electron chi connectivity index (χ1n) is 11.9. The van der Waals surface area contributed by atoms with Gasteiger partial charge in [0.05, 0.1) is 27.7 Å². The molecule has 0 aromatic heterocycles. The lowest BCUT2D eigenvalue weighted by molar-refractivity contribution is 0.0756. The summed E-state index contributed by atoms with van der Waals surface area (Å²) in [6, 6.07) is 10.7. The monoisotopic (exact) mass is 505 g/mol. The van der Waals surface area contributed by atoms with Gasteiger partial charge in [0.2, 0.25) is 0 Å². The summed E-state index contributed by atoms with van der Waals surface area (Å²) in [5.41, 5.74) is 0.336. The van der Waals surface area contributed by atoms with Gasteiger partial charge in [-0.1, -0.05) is 44.4 Å². The second-order valence-electron chi connectivity index (χ2n) is 8.89. The minimum atomic E-state index is -4.03. The van der Waals surface area contributed by atoms with Crippen LogP contribution in [0.2, 0.25) is 0 Å². The summed E-state index contributed by atoms with van der Waals surface area (Å²) in [5.74, 6) is -0.701. The fourth-order valence-corrected chi connectivity index (χ4v) is 8.96. The van der Waals surface area contributed by atoms with Crippen LogP contribution in [0.1, 0.15) is 66.6 Å². The molecule has 2 aliphatic rings. The van der Waals surface area contributed by atoms with E-state index in [1.165, 1.54) is 24.3 Å². The van der Waals surface area contributed by atoms with Crippen molar-refractivity contribution in [3.63, 3.8) is 0 Å². The summed E-state index contributed by atoms with van der Waals surface area (Å²) in [7, 11) is -7.89. The molecule has 2 aromatic carbocycles. The van der Waals surface area contributed by atoms with Crippen molar-refractivity contribution >= 4 is 25.6 Å². The number of hydrogen-bond donors (Lipinski definition) is 0. The average molecular weight is 506 g/mol. The van der Waals surface area contributed by atoms with E-state index in [0.717, 1.165) is 32.1 Å². The number of carbonyl (C=O) groups excluding carboxylic acids is 1. The Morgan fingerprint density at radius 1 is 1.03 bits per heavy atom. The molecular weight excluding hydrogens is 474 g/mol. The Bertz CT molecular complexity index is 1250. The Morgan fingerprint density at radius 2 is 1.71 bits per heavy atom. The van der Waals surface area contributed by atoms with Gasteiger partial charge in [0.25, 0.3) is 5.91 Å². The highest BCUT2D eigenvalue weighted by Crippen LogP contribution is 2.47. The number of rotatable bonds is 7. The van der Waals surface area contributed by atoms with E-state index in [4.69, 9.17) is 4.74 Å². The van der Waals surface area contributed by atoms with E-state index in [9.17, 15) is 21.6 Å². The standard InChI is InChI=1S/C25H31NO6S2/c1-2-3-17-32-24-20(25(27)26-15-9-4-5-10-16-26)13-14-21-23(24)22(18-33(21,28)29)34(30,31)19-11-7-6-8-12-19/h6-8,11-14,22H,2-5,9-10,15-18H2,1H3. The third-order valence-corrected chi connectivity index (χ3v) is 10.6. The van der Waals surface area contributed by atoms with Crippen molar-refractivity contribution in [2.45, 2.75) is 60.5 Å². The van der Waals surface area contributed by atoms with Gasteiger partial charge in [-0.3, -0.25) is 4.79 Å².